The van der Waals surface area contributed by atoms with E-state index in [1.807, 2.05) is 0 Å². The number of hydrazine groups is 1. The first-order valence-electron chi connectivity index (χ1n) is 10.1. The summed E-state index contributed by atoms with van der Waals surface area (Å²) < 4.78 is 0. The van der Waals surface area contributed by atoms with Crippen LogP contribution in [0.4, 0.5) is 9.59 Å². The maximum absolute atomic E-state index is 12.7. The fourth-order valence-electron chi connectivity index (χ4n) is 3.98. The van der Waals surface area contributed by atoms with Crippen LogP contribution < -0.4 is 10.6 Å². The average Bonchev–Trinajstić information content (AvgIpc) is 3.56. The van der Waals surface area contributed by atoms with Crippen molar-refractivity contribution >= 4 is 58.1 Å². The minimum Gasteiger partial charge on any atom is -0.346 e. The van der Waals surface area contributed by atoms with E-state index >= 15 is 0 Å². The molecule has 6 heterocycles. The third kappa shape index (κ3) is 2.86. The number of fused-ring (bicyclic) bond motifs is 2. The first-order chi connectivity index (χ1) is 16.5. The Bertz CT molecular complexity index is 1490. The number of hydrogen-bond acceptors (Lipinski definition) is 6. The average molecular weight is 454 g/mol. The lowest BCUT2D eigenvalue weighted by Crippen LogP contribution is -2.44. The highest BCUT2D eigenvalue weighted by Gasteiger charge is 2.46. The van der Waals surface area contributed by atoms with Gasteiger partial charge in [0.1, 0.15) is 22.7 Å². The summed E-state index contributed by atoms with van der Waals surface area (Å²) in [7, 11) is 0. The van der Waals surface area contributed by atoms with Crippen LogP contribution in [0.5, 0.6) is 0 Å². The van der Waals surface area contributed by atoms with E-state index in [1.165, 1.54) is 12.2 Å². The van der Waals surface area contributed by atoms with Crippen LogP contribution in [-0.4, -0.2) is 53.8 Å². The molecule has 34 heavy (non-hydrogen) atoms. The number of pyridine rings is 2. The van der Waals surface area contributed by atoms with Crippen LogP contribution >= 0.6 is 0 Å². The number of carbonyl (C=O) groups excluding carboxylic acids is 4. The van der Waals surface area contributed by atoms with E-state index in [-0.39, 0.29) is 11.4 Å². The molecule has 0 aliphatic carbocycles. The van der Waals surface area contributed by atoms with Gasteiger partial charge < -0.3 is 9.97 Å². The molecule has 6 rings (SSSR count). The molecule has 4 N–H and O–H groups in total. The standard InChI is InChI=1S/C22H14N8O4/c31-19-15(7-11-9-25-17-13(11)3-1-5-23-17)29(21(33)27-19)30-16(20(32)28-22(30)34)8-12-10-26-18-14(12)4-2-6-24-18/h1-10H,(H,23,25)(H,24,26)(H,27,31,33)(H,28,32,34)/b15-7-,16-8-. The predicted octanol–water partition coefficient (Wildman–Crippen LogP) is 1.84. The molecule has 12 heteroatoms. The van der Waals surface area contributed by atoms with Gasteiger partial charge in [0.25, 0.3) is 11.8 Å². The van der Waals surface area contributed by atoms with Crippen LogP contribution in [0.2, 0.25) is 0 Å². The number of amides is 6. The third-order valence-electron chi connectivity index (χ3n) is 5.50. The van der Waals surface area contributed by atoms with E-state index in [1.54, 1.807) is 49.1 Å². The summed E-state index contributed by atoms with van der Waals surface area (Å²) in [6.45, 7) is 0. The fourth-order valence-corrected chi connectivity index (χ4v) is 3.98. The number of imide groups is 2. The first-order valence-corrected chi connectivity index (χ1v) is 10.1. The van der Waals surface area contributed by atoms with Gasteiger partial charge in [-0.25, -0.2) is 19.6 Å². The Hall–Kier alpha value is -5.26. The van der Waals surface area contributed by atoms with Gasteiger partial charge in [0.2, 0.25) is 0 Å². The molecule has 0 unspecified atom stereocenters. The largest absolute Gasteiger partial charge is 0.348 e. The van der Waals surface area contributed by atoms with Gasteiger partial charge in [-0.3, -0.25) is 20.2 Å². The maximum atomic E-state index is 12.7. The summed E-state index contributed by atoms with van der Waals surface area (Å²) in [5, 5.41) is 7.47. The zero-order valence-corrected chi connectivity index (χ0v) is 17.2. The van der Waals surface area contributed by atoms with Crippen molar-refractivity contribution in [2.24, 2.45) is 0 Å². The zero-order chi connectivity index (χ0) is 23.4. The predicted molar refractivity (Wildman–Crippen MR) is 119 cm³/mol. The van der Waals surface area contributed by atoms with Crippen molar-refractivity contribution in [3.05, 3.63) is 71.6 Å². The van der Waals surface area contributed by atoms with Crippen molar-refractivity contribution in [3.63, 3.8) is 0 Å². The van der Waals surface area contributed by atoms with E-state index < -0.39 is 23.9 Å². The van der Waals surface area contributed by atoms with Crippen LogP contribution in [-0.2, 0) is 9.59 Å². The Morgan fingerprint density at radius 1 is 0.676 bits per heavy atom. The van der Waals surface area contributed by atoms with Crippen molar-refractivity contribution in [2.75, 3.05) is 0 Å². The molecule has 6 amide bonds. The molecule has 12 nitrogen and oxygen atoms in total. The number of hydrogen-bond donors (Lipinski definition) is 4. The van der Waals surface area contributed by atoms with Gasteiger partial charge in [0, 0.05) is 46.7 Å². The molecule has 0 aromatic carbocycles. The van der Waals surface area contributed by atoms with Gasteiger partial charge in [-0.2, -0.15) is 10.0 Å². The molecule has 166 valence electrons. The quantitative estimate of drug-likeness (QED) is 0.273. The van der Waals surface area contributed by atoms with Gasteiger partial charge in [0.15, 0.2) is 0 Å². The van der Waals surface area contributed by atoms with Crippen LogP contribution in [0.1, 0.15) is 11.1 Å². The van der Waals surface area contributed by atoms with Crippen LogP contribution in [0.25, 0.3) is 34.2 Å². The molecule has 2 aliphatic heterocycles. The second-order valence-corrected chi connectivity index (χ2v) is 7.49. The SMILES string of the molecule is O=C1NC(=O)N(N2C(=O)NC(=O)/C2=C/c2c[nH]c3ncccc23)/C1=C\c1c[nH]c2ncccc12. The molecule has 0 bridgehead atoms. The minimum atomic E-state index is -0.870. The van der Waals surface area contributed by atoms with E-state index in [4.69, 9.17) is 0 Å². The van der Waals surface area contributed by atoms with E-state index in [0.717, 1.165) is 10.0 Å². The molecule has 2 saturated heterocycles. The van der Waals surface area contributed by atoms with Crippen molar-refractivity contribution < 1.29 is 19.2 Å². The van der Waals surface area contributed by atoms with Crippen LogP contribution in [0.15, 0.2) is 60.4 Å². The highest BCUT2D eigenvalue weighted by atomic mass is 16.2. The molecular weight excluding hydrogens is 440 g/mol. The molecule has 0 saturated carbocycles. The van der Waals surface area contributed by atoms with Crippen molar-refractivity contribution in [1.82, 2.24) is 40.6 Å². The third-order valence-corrected chi connectivity index (χ3v) is 5.50. The minimum absolute atomic E-state index is 0.133. The number of aromatic nitrogens is 4. The number of urea groups is 2. The number of rotatable bonds is 3. The molecule has 2 fully saturated rings. The lowest BCUT2D eigenvalue weighted by molar-refractivity contribution is -0.117. The maximum Gasteiger partial charge on any atom is 0.348 e. The summed E-state index contributed by atoms with van der Waals surface area (Å²) in [5.74, 6) is -1.43. The van der Waals surface area contributed by atoms with E-state index in [0.29, 0.717) is 33.2 Å². The highest BCUT2D eigenvalue weighted by Crippen LogP contribution is 2.29. The van der Waals surface area contributed by atoms with Gasteiger partial charge in [-0.1, -0.05) is 0 Å². The Morgan fingerprint density at radius 2 is 1.12 bits per heavy atom. The van der Waals surface area contributed by atoms with E-state index in [2.05, 4.69) is 30.6 Å². The van der Waals surface area contributed by atoms with Gasteiger partial charge in [0.05, 0.1) is 0 Å². The van der Waals surface area contributed by atoms with Crippen molar-refractivity contribution in [2.45, 2.75) is 0 Å². The van der Waals surface area contributed by atoms with Gasteiger partial charge in [-0.05, 0) is 36.4 Å². The molecule has 2 aliphatic rings. The lowest BCUT2D eigenvalue weighted by Gasteiger charge is -2.25. The molecular formula is C22H14N8O4. The van der Waals surface area contributed by atoms with Gasteiger partial charge in [-0.15, -0.1) is 0 Å². The lowest BCUT2D eigenvalue weighted by atomic mass is 10.2. The number of carbonyl (C=O) groups is 4. The molecule has 0 spiro atoms. The summed E-state index contributed by atoms with van der Waals surface area (Å²) in [6.07, 6.45) is 9.39. The Balaban J connectivity index is 1.47. The zero-order valence-electron chi connectivity index (χ0n) is 17.2. The summed E-state index contributed by atoms with van der Waals surface area (Å²) in [6, 6.07) is 5.33. The summed E-state index contributed by atoms with van der Waals surface area (Å²) in [4.78, 5) is 65.2. The first kappa shape index (κ1) is 19.4. The Kier molecular flexibility index (Phi) is 4.07. The fraction of sp³-hybridized carbons (Fsp3) is 0. The number of nitrogens with one attached hydrogen (secondary N) is 4. The second-order valence-electron chi connectivity index (χ2n) is 7.49. The van der Waals surface area contributed by atoms with Gasteiger partial charge >= 0.3 is 12.1 Å². The van der Waals surface area contributed by atoms with Crippen LogP contribution in [0.3, 0.4) is 0 Å². The molecule has 0 radical (unpaired) electrons. The number of H-pyrrole nitrogens is 2. The summed E-state index contributed by atoms with van der Waals surface area (Å²) in [5.41, 5.74) is 2.07. The van der Waals surface area contributed by atoms with E-state index in [9.17, 15) is 19.2 Å². The Morgan fingerprint density at radius 3 is 1.56 bits per heavy atom. The highest BCUT2D eigenvalue weighted by molar-refractivity contribution is 6.19. The monoisotopic (exact) mass is 454 g/mol. The van der Waals surface area contributed by atoms with Crippen LogP contribution in [0, 0.1) is 0 Å². The van der Waals surface area contributed by atoms with Crippen molar-refractivity contribution in [3.8, 4) is 0 Å². The number of nitrogens with zero attached hydrogens (tertiary/aromatic N) is 4. The number of aromatic amines is 2. The second kappa shape index (κ2) is 7.13. The Labute approximate surface area is 189 Å². The molecule has 0 atom stereocenters. The normalized spacial score (nSPS) is 18.7. The van der Waals surface area contributed by atoms with Crippen molar-refractivity contribution in [1.29, 1.82) is 0 Å². The molecule has 4 aromatic rings. The molecule has 4 aromatic heterocycles. The smallest absolute Gasteiger partial charge is 0.346 e. The summed E-state index contributed by atoms with van der Waals surface area (Å²) >= 11 is 0. The topological polar surface area (TPSA) is 156 Å².